The Morgan fingerprint density at radius 3 is 2.09 bits per heavy atom. The van der Waals surface area contributed by atoms with E-state index in [0.29, 0.717) is 23.6 Å². The molecule has 13 heteroatoms. The molecule has 4 heterocycles. The van der Waals surface area contributed by atoms with Crippen LogP contribution in [-0.4, -0.2) is 51.4 Å². The van der Waals surface area contributed by atoms with Gasteiger partial charge in [0.25, 0.3) is 17.7 Å². The molecule has 1 atom stereocenters. The number of benzene rings is 4. The van der Waals surface area contributed by atoms with Gasteiger partial charge >= 0.3 is 0 Å². The molecule has 13 nitrogen and oxygen atoms in total. The fourth-order valence-electron chi connectivity index (χ4n) is 6.86. The third-order valence-corrected chi connectivity index (χ3v) is 9.96. The second-order valence-corrected chi connectivity index (χ2v) is 13.7. The Hall–Kier alpha value is -7.67. The number of anilines is 1. The topological polar surface area (TPSA) is 194 Å². The van der Waals surface area contributed by atoms with Gasteiger partial charge in [-0.05, 0) is 95.4 Å². The van der Waals surface area contributed by atoms with E-state index < -0.39 is 41.5 Å². The number of rotatable bonds is 11. The molecule has 0 spiro atoms. The molecule has 0 radical (unpaired) electrons. The fraction of sp³-hybridized carbons (Fsp3) is 0.114. The van der Waals surface area contributed by atoms with Crippen molar-refractivity contribution in [2.45, 2.75) is 32.0 Å². The molecule has 1 saturated heterocycles. The number of furan rings is 1. The number of hydrogen-bond acceptors (Lipinski definition) is 9. The van der Waals surface area contributed by atoms with Crippen LogP contribution in [-0.2, 0) is 22.7 Å². The number of piperidine rings is 1. The SMILES string of the molecule is NC(=O)c1ccc(-c2cc(-c3ccc(NCc4ccc(CNC(=O)c5ccc6c(c5)C(=O)N(C5CCC(=O)NC5=O)C6=O)cc4)cc3)nc(-c3ccco3)c2)cc1. The summed E-state index contributed by atoms with van der Waals surface area (Å²) < 4.78 is 5.65. The summed E-state index contributed by atoms with van der Waals surface area (Å²) in [5.74, 6) is -2.73. The molecule has 0 saturated carbocycles. The lowest BCUT2D eigenvalue weighted by Gasteiger charge is -2.27. The quantitative estimate of drug-likeness (QED) is 0.120. The van der Waals surface area contributed by atoms with E-state index in [1.807, 2.05) is 84.9 Å². The standard InChI is InChI=1S/C44H34N6O7/c45-40(52)29-9-7-27(8-10-29)31-21-35(48-36(22-31)38-2-1-19-57-38)28-11-14-32(15-12-28)46-23-25-3-5-26(6-4-25)24-47-41(53)30-13-16-33-34(20-30)44(56)50(43(33)55)37-17-18-39(51)49-42(37)54/h1-16,19-22,37,46H,17-18,23-24H2,(H2,45,52)(H,47,53)(H,49,51,54). The molecule has 2 aromatic heterocycles. The lowest BCUT2D eigenvalue weighted by Crippen LogP contribution is -2.54. The van der Waals surface area contributed by atoms with Crippen LogP contribution in [0, 0.1) is 0 Å². The van der Waals surface area contributed by atoms with Crippen molar-refractivity contribution in [3.8, 4) is 33.8 Å². The highest BCUT2D eigenvalue weighted by Gasteiger charge is 2.44. The zero-order chi connectivity index (χ0) is 39.6. The summed E-state index contributed by atoms with van der Waals surface area (Å²) in [7, 11) is 0. The molecule has 0 aliphatic carbocycles. The molecule has 282 valence electrons. The van der Waals surface area contributed by atoms with Gasteiger partial charge in [-0.1, -0.05) is 48.5 Å². The number of nitrogens with two attached hydrogens (primary N) is 1. The number of primary amides is 1. The Morgan fingerprint density at radius 1 is 0.737 bits per heavy atom. The van der Waals surface area contributed by atoms with E-state index in [1.54, 1.807) is 18.4 Å². The van der Waals surface area contributed by atoms with Gasteiger partial charge in [0, 0.05) is 41.9 Å². The Balaban J connectivity index is 0.877. The molecule has 4 aromatic carbocycles. The largest absolute Gasteiger partial charge is 0.463 e. The first kappa shape index (κ1) is 36.3. The van der Waals surface area contributed by atoms with Crippen molar-refractivity contribution >= 4 is 41.1 Å². The van der Waals surface area contributed by atoms with Crippen molar-refractivity contribution in [1.82, 2.24) is 20.5 Å². The summed E-state index contributed by atoms with van der Waals surface area (Å²) in [6, 6.07) is 33.6. The summed E-state index contributed by atoms with van der Waals surface area (Å²) in [5.41, 5.74) is 13.2. The van der Waals surface area contributed by atoms with Crippen molar-refractivity contribution in [2.24, 2.45) is 5.73 Å². The molecular formula is C44H34N6O7. The minimum absolute atomic E-state index is 0.0211. The van der Waals surface area contributed by atoms with E-state index in [9.17, 15) is 28.8 Å². The molecule has 2 aliphatic heterocycles. The second kappa shape index (κ2) is 15.2. The van der Waals surface area contributed by atoms with Crippen LogP contribution < -0.4 is 21.7 Å². The second-order valence-electron chi connectivity index (χ2n) is 13.7. The average molecular weight is 759 g/mol. The van der Waals surface area contributed by atoms with Gasteiger partial charge in [-0.15, -0.1) is 0 Å². The van der Waals surface area contributed by atoms with Gasteiger partial charge in [-0.2, -0.15) is 0 Å². The number of carbonyl (C=O) groups is 6. The molecule has 0 bridgehead atoms. The van der Waals surface area contributed by atoms with Crippen LogP contribution in [0.5, 0.6) is 0 Å². The van der Waals surface area contributed by atoms with E-state index in [0.717, 1.165) is 44.1 Å². The van der Waals surface area contributed by atoms with Gasteiger partial charge in [-0.3, -0.25) is 39.0 Å². The number of fused-ring (bicyclic) bond motifs is 1. The zero-order valence-electron chi connectivity index (χ0n) is 30.3. The predicted molar refractivity (Wildman–Crippen MR) is 209 cm³/mol. The van der Waals surface area contributed by atoms with Crippen molar-refractivity contribution < 1.29 is 33.2 Å². The first-order chi connectivity index (χ1) is 27.6. The number of nitrogens with one attached hydrogen (secondary N) is 3. The summed E-state index contributed by atoms with van der Waals surface area (Å²) in [6.45, 7) is 0.789. The monoisotopic (exact) mass is 758 g/mol. The van der Waals surface area contributed by atoms with Gasteiger partial charge in [0.05, 0.1) is 23.1 Å². The smallest absolute Gasteiger partial charge is 0.262 e. The molecule has 5 N–H and O–H groups in total. The van der Waals surface area contributed by atoms with E-state index in [2.05, 4.69) is 16.0 Å². The highest BCUT2D eigenvalue weighted by Crippen LogP contribution is 2.32. The minimum atomic E-state index is -1.08. The highest BCUT2D eigenvalue weighted by atomic mass is 16.3. The van der Waals surface area contributed by atoms with Crippen LogP contribution in [0.25, 0.3) is 33.8 Å². The number of imide groups is 2. The van der Waals surface area contributed by atoms with Gasteiger partial charge in [0.1, 0.15) is 11.7 Å². The highest BCUT2D eigenvalue weighted by molar-refractivity contribution is 6.24. The lowest BCUT2D eigenvalue weighted by atomic mass is 10.00. The Labute approximate surface area is 325 Å². The number of hydrogen-bond donors (Lipinski definition) is 4. The van der Waals surface area contributed by atoms with Crippen LogP contribution >= 0.6 is 0 Å². The van der Waals surface area contributed by atoms with E-state index in [4.69, 9.17) is 15.1 Å². The molecule has 8 rings (SSSR count). The third kappa shape index (κ3) is 7.54. The maximum atomic E-state index is 13.2. The van der Waals surface area contributed by atoms with Gasteiger partial charge in [-0.25, -0.2) is 4.98 Å². The van der Waals surface area contributed by atoms with Crippen molar-refractivity contribution in [3.05, 3.63) is 155 Å². The summed E-state index contributed by atoms with van der Waals surface area (Å²) >= 11 is 0. The van der Waals surface area contributed by atoms with E-state index in [1.165, 1.54) is 18.2 Å². The zero-order valence-corrected chi connectivity index (χ0v) is 30.3. The van der Waals surface area contributed by atoms with Crippen LogP contribution in [0.2, 0.25) is 0 Å². The Bertz CT molecular complexity index is 2570. The van der Waals surface area contributed by atoms with Crippen molar-refractivity contribution in [2.75, 3.05) is 5.32 Å². The number of nitrogens with zero attached hydrogens (tertiary/aromatic N) is 2. The summed E-state index contributed by atoms with van der Waals surface area (Å²) in [6.07, 6.45) is 1.67. The maximum Gasteiger partial charge on any atom is 0.262 e. The number of carbonyl (C=O) groups excluding carboxylic acids is 6. The normalized spacial score (nSPS) is 14.9. The van der Waals surface area contributed by atoms with Crippen LogP contribution in [0.3, 0.4) is 0 Å². The van der Waals surface area contributed by atoms with Gasteiger partial charge in [0.2, 0.25) is 17.7 Å². The Kier molecular flexibility index (Phi) is 9.70. The third-order valence-electron chi connectivity index (χ3n) is 9.96. The number of aromatic nitrogens is 1. The van der Waals surface area contributed by atoms with Crippen LogP contribution in [0.4, 0.5) is 5.69 Å². The predicted octanol–water partition coefficient (Wildman–Crippen LogP) is 5.72. The number of amides is 6. The molecule has 1 fully saturated rings. The molecule has 2 aliphatic rings. The first-order valence-corrected chi connectivity index (χ1v) is 18.1. The average Bonchev–Trinajstić information content (AvgIpc) is 3.86. The minimum Gasteiger partial charge on any atom is -0.463 e. The van der Waals surface area contributed by atoms with E-state index >= 15 is 0 Å². The van der Waals surface area contributed by atoms with Crippen LogP contribution in [0.1, 0.15) is 65.4 Å². The van der Waals surface area contributed by atoms with E-state index in [-0.39, 0.29) is 36.1 Å². The van der Waals surface area contributed by atoms with Crippen molar-refractivity contribution in [3.63, 3.8) is 0 Å². The lowest BCUT2D eigenvalue weighted by molar-refractivity contribution is -0.136. The molecular weight excluding hydrogens is 725 g/mol. The fourth-order valence-corrected chi connectivity index (χ4v) is 6.86. The first-order valence-electron chi connectivity index (χ1n) is 18.1. The molecule has 6 amide bonds. The van der Waals surface area contributed by atoms with Gasteiger partial charge in [0.15, 0.2) is 5.76 Å². The van der Waals surface area contributed by atoms with Gasteiger partial charge < -0.3 is 20.8 Å². The Morgan fingerprint density at radius 2 is 1.40 bits per heavy atom. The molecule has 6 aromatic rings. The molecule has 1 unspecified atom stereocenters. The summed E-state index contributed by atoms with van der Waals surface area (Å²) in [5, 5.41) is 8.46. The summed E-state index contributed by atoms with van der Waals surface area (Å²) in [4.78, 5) is 80.4. The number of pyridine rings is 1. The van der Waals surface area contributed by atoms with Crippen LogP contribution in [0.15, 0.2) is 126 Å². The van der Waals surface area contributed by atoms with Crippen molar-refractivity contribution in [1.29, 1.82) is 0 Å². The molecule has 57 heavy (non-hydrogen) atoms. The maximum absolute atomic E-state index is 13.2.